The van der Waals surface area contributed by atoms with Gasteiger partial charge in [0.1, 0.15) is 11.9 Å². The van der Waals surface area contributed by atoms with Gasteiger partial charge in [0, 0.05) is 31.8 Å². The van der Waals surface area contributed by atoms with Gasteiger partial charge in [-0.15, -0.1) is 24.0 Å². The largest absolute Gasteiger partial charge is 0.469 e. The molecular weight excluding hydrogens is 473 g/mol. The summed E-state index contributed by atoms with van der Waals surface area (Å²) in [6.45, 7) is 3.41. The second-order valence-electron chi connectivity index (χ2n) is 7.65. The monoisotopic (exact) mass is 505 g/mol. The summed E-state index contributed by atoms with van der Waals surface area (Å²) in [6, 6.07) is 4.44. The third-order valence-corrected chi connectivity index (χ3v) is 5.56. The zero-order valence-electron chi connectivity index (χ0n) is 16.4. The van der Waals surface area contributed by atoms with Crippen LogP contribution in [0.1, 0.15) is 44.3 Å². The zero-order chi connectivity index (χ0) is 18.4. The minimum atomic E-state index is -0.440. The Morgan fingerprint density at radius 1 is 1.21 bits per heavy atom. The smallest absolute Gasteiger partial charge is 0.191 e. The normalized spacial score (nSPS) is 25.0. The maximum Gasteiger partial charge on any atom is 0.191 e. The van der Waals surface area contributed by atoms with E-state index in [0.29, 0.717) is 32.4 Å². The van der Waals surface area contributed by atoms with Crippen molar-refractivity contribution in [3.8, 4) is 0 Å². The van der Waals surface area contributed by atoms with E-state index in [9.17, 15) is 0 Å². The summed E-state index contributed by atoms with van der Waals surface area (Å²) in [6.07, 6.45) is 9.19. The molecule has 0 bridgehead atoms. The van der Waals surface area contributed by atoms with Crippen molar-refractivity contribution in [2.45, 2.75) is 62.9 Å². The molecule has 2 aliphatic heterocycles. The maximum absolute atomic E-state index is 6.19. The standard InChI is InChI=1S/C20H31N3O4.HI/c1-2-5-16(4-1)23-19(21-10-7-17-6-3-11-25-17)22-14-18-15-26-20(27-18)8-12-24-13-9-20;/h3,6,11,16,18H,1-2,4-5,7-10,12-15H2,(H2,21,22,23);1H. The summed E-state index contributed by atoms with van der Waals surface area (Å²) >= 11 is 0. The van der Waals surface area contributed by atoms with Crippen LogP contribution < -0.4 is 10.6 Å². The van der Waals surface area contributed by atoms with Crippen molar-refractivity contribution < 1.29 is 18.6 Å². The summed E-state index contributed by atoms with van der Waals surface area (Å²) in [7, 11) is 0. The molecule has 8 heteroatoms. The van der Waals surface area contributed by atoms with Gasteiger partial charge in [-0.3, -0.25) is 4.99 Å². The van der Waals surface area contributed by atoms with E-state index in [0.717, 1.165) is 37.5 Å². The Morgan fingerprint density at radius 2 is 2.04 bits per heavy atom. The predicted molar refractivity (Wildman–Crippen MR) is 117 cm³/mol. The van der Waals surface area contributed by atoms with Gasteiger partial charge in [-0.25, -0.2) is 0 Å². The van der Waals surface area contributed by atoms with Gasteiger partial charge in [0.15, 0.2) is 11.7 Å². The van der Waals surface area contributed by atoms with E-state index < -0.39 is 5.79 Å². The Kier molecular flexibility index (Phi) is 8.43. The van der Waals surface area contributed by atoms with Crippen LogP contribution in [0.25, 0.3) is 0 Å². The molecule has 2 saturated heterocycles. The van der Waals surface area contributed by atoms with Crippen LogP contribution in [0.4, 0.5) is 0 Å². The van der Waals surface area contributed by atoms with Gasteiger partial charge in [0.05, 0.1) is 32.6 Å². The highest BCUT2D eigenvalue weighted by atomic mass is 127. The van der Waals surface area contributed by atoms with Crippen molar-refractivity contribution in [2.75, 3.05) is 32.9 Å². The van der Waals surface area contributed by atoms with Gasteiger partial charge < -0.3 is 29.3 Å². The van der Waals surface area contributed by atoms with E-state index in [-0.39, 0.29) is 30.1 Å². The van der Waals surface area contributed by atoms with E-state index in [4.69, 9.17) is 23.6 Å². The Bertz CT molecular complexity index is 599. The number of guanidine groups is 1. The number of rotatable bonds is 6. The first-order valence-electron chi connectivity index (χ1n) is 10.3. The summed E-state index contributed by atoms with van der Waals surface area (Å²) < 4.78 is 23.0. The van der Waals surface area contributed by atoms with Gasteiger partial charge in [-0.1, -0.05) is 12.8 Å². The number of aliphatic imine (C=N–C) groups is 1. The molecule has 1 aliphatic carbocycles. The second kappa shape index (κ2) is 10.8. The van der Waals surface area contributed by atoms with Crippen LogP contribution in [0.15, 0.2) is 27.8 Å². The molecule has 3 aliphatic rings. The van der Waals surface area contributed by atoms with Crippen molar-refractivity contribution in [1.29, 1.82) is 0 Å². The Morgan fingerprint density at radius 3 is 2.79 bits per heavy atom. The second-order valence-corrected chi connectivity index (χ2v) is 7.65. The van der Waals surface area contributed by atoms with Gasteiger partial charge in [0.25, 0.3) is 0 Å². The van der Waals surface area contributed by atoms with Gasteiger partial charge in [-0.05, 0) is 25.0 Å². The van der Waals surface area contributed by atoms with Crippen molar-refractivity contribution >= 4 is 29.9 Å². The number of hydrogen-bond donors (Lipinski definition) is 2. The molecule has 1 saturated carbocycles. The predicted octanol–water partition coefficient (Wildman–Crippen LogP) is 2.84. The van der Waals surface area contributed by atoms with E-state index in [1.54, 1.807) is 6.26 Å². The third kappa shape index (κ3) is 6.08. The molecule has 3 heterocycles. The van der Waals surface area contributed by atoms with Crippen molar-refractivity contribution in [3.63, 3.8) is 0 Å². The molecule has 28 heavy (non-hydrogen) atoms. The average molecular weight is 505 g/mol. The van der Waals surface area contributed by atoms with Gasteiger partial charge in [-0.2, -0.15) is 0 Å². The number of nitrogens with one attached hydrogen (secondary N) is 2. The first-order valence-corrected chi connectivity index (χ1v) is 10.3. The van der Waals surface area contributed by atoms with Crippen LogP contribution in [-0.2, 0) is 20.6 Å². The SMILES string of the molecule is I.c1coc(CCNC(=NCC2COC3(CCOCC3)O2)NC2CCCC2)c1. The molecule has 1 atom stereocenters. The first-order chi connectivity index (χ1) is 13.3. The molecule has 0 aromatic carbocycles. The minimum absolute atomic E-state index is 0. The molecule has 0 amide bonds. The number of halogens is 1. The zero-order valence-corrected chi connectivity index (χ0v) is 18.7. The highest BCUT2D eigenvalue weighted by Gasteiger charge is 2.42. The summed E-state index contributed by atoms with van der Waals surface area (Å²) in [4.78, 5) is 4.79. The summed E-state index contributed by atoms with van der Waals surface area (Å²) in [5, 5.41) is 7.03. The molecule has 1 unspecified atom stereocenters. The fourth-order valence-corrected chi connectivity index (χ4v) is 4.02. The van der Waals surface area contributed by atoms with Crippen LogP contribution in [0.5, 0.6) is 0 Å². The molecule has 1 aromatic heterocycles. The Labute approximate surface area is 184 Å². The number of nitrogens with zero attached hydrogens (tertiary/aromatic N) is 1. The molecule has 3 fully saturated rings. The molecule has 1 aromatic rings. The highest BCUT2D eigenvalue weighted by molar-refractivity contribution is 14.0. The first kappa shape index (κ1) is 21.9. The molecule has 4 rings (SSSR count). The lowest BCUT2D eigenvalue weighted by molar-refractivity contribution is -0.210. The minimum Gasteiger partial charge on any atom is -0.469 e. The van der Waals surface area contributed by atoms with Crippen LogP contribution in [-0.4, -0.2) is 56.8 Å². The van der Waals surface area contributed by atoms with E-state index in [1.165, 1.54) is 25.7 Å². The van der Waals surface area contributed by atoms with E-state index >= 15 is 0 Å². The Balaban J connectivity index is 0.00000225. The molecule has 1 spiro atoms. The number of furan rings is 1. The molecule has 158 valence electrons. The highest BCUT2D eigenvalue weighted by Crippen LogP contribution is 2.33. The average Bonchev–Trinajstić information content (AvgIpc) is 3.44. The van der Waals surface area contributed by atoms with Crippen molar-refractivity contribution in [2.24, 2.45) is 4.99 Å². The summed E-state index contributed by atoms with van der Waals surface area (Å²) in [5.74, 6) is 1.41. The lowest BCUT2D eigenvalue weighted by Gasteiger charge is -2.31. The number of hydrogen-bond acceptors (Lipinski definition) is 5. The van der Waals surface area contributed by atoms with Crippen LogP contribution >= 0.6 is 24.0 Å². The van der Waals surface area contributed by atoms with Crippen molar-refractivity contribution in [1.82, 2.24) is 10.6 Å². The molecule has 7 nitrogen and oxygen atoms in total. The summed E-state index contributed by atoms with van der Waals surface area (Å²) in [5.41, 5.74) is 0. The van der Waals surface area contributed by atoms with Crippen LogP contribution in [0.3, 0.4) is 0 Å². The fraction of sp³-hybridized carbons (Fsp3) is 0.750. The van der Waals surface area contributed by atoms with Gasteiger partial charge in [0.2, 0.25) is 0 Å². The lowest BCUT2D eigenvalue weighted by atomic mass is 10.1. The van der Waals surface area contributed by atoms with Crippen LogP contribution in [0.2, 0.25) is 0 Å². The maximum atomic E-state index is 6.19. The Hall–Kier alpha value is -0.840. The molecular formula is C20H32IN3O4. The quantitative estimate of drug-likeness (QED) is 0.352. The lowest BCUT2D eigenvalue weighted by Crippen LogP contribution is -2.43. The topological polar surface area (TPSA) is 77.3 Å². The fourth-order valence-electron chi connectivity index (χ4n) is 4.02. The van der Waals surface area contributed by atoms with Crippen molar-refractivity contribution in [3.05, 3.63) is 24.2 Å². The molecule has 0 radical (unpaired) electrons. The van der Waals surface area contributed by atoms with E-state index in [2.05, 4.69) is 10.6 Å². The third-order valence-electron chi connectivity index (χ3n) is 5.56. The van der Waals surface area contributed by atoms with E-state index in [1.807, 2.05) is 12.1 Å². The molecule has 2 N–H and O–H groups in total. The number of ether oxygens (including phenoxy) is 3. The van der Waals surface area contributed by atoms with Crippen LogP contribution in [0, 0.1) is 0 Å². The van der Waals surface area contributed by atoms with Gasteiger partial charge >= 0.3 is 0 Å².